The van der Waals surface area contributed by atoms with Crippen molar-refractivity contribution in [1.29, 1.82) is 0 Å². The first-order valence-corrected chi connectivity index (χ1v) is 6.09. The van der Waals surface area contributed by atoms with Crippen LogP contribution in [-0.2, 0) is 5.54 Å². The summed E-state index contributed by atoms with van der Waals surface area (Å²) < 4.78 is 14.5. The maximum atomic E-state index is 13.7. The zero-order valence-electron chi connectivity index (χ0n) is 9.13. The molecule has 0 aromatic heterocycles. The zero-order valence-corrected chi connectivity index (χ0v) is 10.7. The highest BCUT2D eigenvalue weighted by Crippen LogP contribution is 2.44. The van der Waals surface area contributed by atoms with E-state index in [1.807, 2.05) is 0 Å². The molecule has 1 aliphatic rings. The molecule has 0 bridgehead atoms. The van der Waals surface area contributed by atoms with Crippen molar-refractivity contribution in [3.8, 4) is 0 Å². The molecule has 2 nitrogen and oxygen atoms in total. The van der Waals surface area contributed by atoms with E-state index in [2.05, 4.69) is 15.9 Å². The minimum absolute atomic E-state index is 0.322. The monoisotopic (exact) mass is 287 g/mol. The molecule has 4 heteroatoms. The van der Waals surface area contributed by atoms with Crippen LogP contribution in [0.5, 0.6) is 0 Å². The van der Waals surface area contributed by atoms with Crippen molar-refractivity contribution in [1.82, 2.24) is 0 Å². The van der Waals surface area contributed by atoms with E-state index in [0.29, 0.717) is 12.0 Å². The van der Waals surface area contributed by atoms with E-state index < -0.39 is 11.1 Å². The van der Waals surface area contributed by atoms with Gasteiger partial charge in [0.05, 0.1) is 5.60 Å². The lowest BCUT2D eigenvalue weighted by molar-refractivity contribution is 0.111. The predicted octanol–water partition coefficient (Wildman–Crippen LogP) is 2.68. The second kappa shape index (κ2) is 3.79. The molecular formula is C12H15BrFNO. The molecule has 0 heterocycles. The molecule has 1 aromatic rings. The quantitative estimate of drug-likeness (QED) is 0.898. The molecule has 3 N–H and O–H groups in total. The number of nitrogens with two attached hydrogens (primary N) is 1. The molecule has 16 heavy (non-hydrogen) atoms. The fourth-order valence-corrected chi connectivity index (χ4v) is 2.40. The molecule has 1 aromatic carbocycles. The van der Waals surface area contributed by atoms with Gasteiger partial charge in [0, 0.05) is 15.6 Å². The molecule has 0 aliphatic heterocycles. The summed E-state index contributed by atoms with van der Waals surface area (Å²) in [4.78, 5) is 0. The summed E-state index contributed by atoms with van der Waals surface area (Å²) >= 11 is 3.30. The molecule has 0 amide bonds. The second-order valence-corrected chi connectivity index (χ2v) is 5.86. The van der Waals surface area contributed by atoms with E-state index in [1.165, 1.54) is 6.07 Å². The Bertz CT molecular complexity index is 415. The van der Waals surface area contributed by atoms with Crippen LogP contribution in [0.4, 0.5) is 4.39 Å². The minimum atomic E-state index is -0.834. The van der Waals surface area contributed by atoms with Crippen LogP contribution in [0.1, 0.15) is 31.7 Å². The molecule has 0 spiro atoms. The summed E-state index contributed by atoms with van der Waals surface area (Å²) in [5.41, 5.74) is 5.04. The van der Waals surface area contributed by atoms with Crippen molar-refractivity contribution in [2.75, 3.05) is 0 Å². The van der Waals surface area contributed by atoms with Crippen molar-refractivity contribution in [3.63, 3.8) is 0 Å². The number of halogens is 2. The average Bonchev–Trinajstić information content (AvgIpc) is 2.86. The van der Waals surface area contributed by atoms with Gasteiger partial charge in [-0.15, -0.1) is 0 Å². The van der Waals surface area contributed by atoms with E-state index in [4.69, 9.17) is 5.73 Å². The number of hydrogen-bond donors (Lipinski definition) is 2. The predicted molar refractivity (Wildman–Crippen MR) is 64.4 cm³/mol. The van der Waals surface area contributed by atoms with Gasteiger partial charge in [0.1, 0.15) is 5.82 Å². The van der Waals surface area contributed by atoms with Gasteiger partial charge in [-0.25, -0.2) is 4.39 Å². The highest BCUT2D eigenvalue weighted by molar-refractivity contribution is 9.10. The van der Waals surface area contributed by atoms with Crippen molar-refractivity contribution in [2.45, 2.75) is 37.3 Å². The summed E-state index contributed by atoms with van der Waals surface area (Å²) in [5.74, 6) is -0.322. The Balaban J connectivity index is 2.30. The molecule has 1 atom stereocenters. The highest BCUT2D eigenvalue weighted by atomic mass is 79.9. The molecule has 0 radical (unpaired) electrons. The molecule has 1 fully saturated rings. The molecule has 1 unspecified atom stereocenters. The summed E-state index contributed by atoms with van der Waals surface area (Å²) in [6, 6.07) is 4.71. The number of rotatable bonds is 3. The van der Waals surface area contributed by atoms with Crippen LogP contribution >= 0.6 is 15.9 Å². The van der Waals surface area contributed by atoms with E-state index in [0.717, 1.165) is 17.3 Å². The Morgan fingerprint density at radius 1 is 1.56 bits per heavy atom. The van der Waals surface area contributed by atoms with E-state index in [-0.39, 0.29) is 5.82 Å². The summed E-state index contributed by atoms with van der Waals surface area (Å²) in [5, 5.41) is 9.87. The third kappa shape index (κ3) is 2.44. The number of benzene rings is 1. The lowest BCUT2D eigenvalue weighted by Gasteiger charge is -2.28. The van der Waals surface area contributed by atoms with E-state index in [1.54, 1.807) is 19.1 Å². The number of aliphatic hydroxyl groups is 1. The second-order valence-electron chi connectivity index (χ2n) is 4.94. The van der Waals surface area contributed by atoms with Gasteiger partial charge >= 0.3 is 0 Å². The lowest BCUT2D eigenvalue weighted by Crippen LogP contribution is -2.38. The van der Waals surface area contributed by atoms with Crippen LogP contribution in [0, 0.1) is 5.82 Å². The smallest absolute Gasteiger partial charge is 0.128 e. The average molecular weight is 288 g/mol. The van der Waals surface area contributed by atoms with Gasteiger partial charge < -0.3 is 10.8 Å². The molecule has 1 saturated carbocycles. The Hall–Kier alpha value is -0.450. The van der Waals surface area contributed by atoms with Gasteiger partial charge in [0.2, 0.25) is 0 Å². The Kier molecular flexibility index (Phi) is 2.85. The van der Waals surface area contributed by atoms with Gasteiger partial charge in [-0.3, -0.25) is 0 Å². The topological polar surface area (TPSA) is 46.2 Å². The maximum Gasteiger partial charge on any atom is 0.128 e. The minimum Gasteiger partial charge on any atom is -0.390 e. The van der Waals surface area contributed by atoms with Crippen LogP contribution in [-0.4, -0.2) is 10.7 Å². The van der Waals surface area contributed by atoms with Gasteiger partial charge in [-0.05, 0) is 44.4 Å². The van der Waals surface area contributed by atoms with E-state index >= 15 is 0 Å². The molecule has 2 rings (SSSR count). The van der Waals surface area contributed by atoms with Crippen LogP contribution in [0.3, 0.4) is 0 Å². The van der Waals surface area contributed by atoms with Gasteiger partial charge in [-0.1, -0.05) is 15.9 Å². The summed E-state index contributed by atoms with van der Waals surface area (Å²) in [6.07, 6.45) is 1.91. The lowest BCUT2D eigenvalue weighted by atomic mass is 9.86. The third-order valence-corrected chi connectivity index (χ3v) is 3.56. The van der Waals surface area contributed by atoms with Gasteiger partial charge in [-0.2, -0.15) is 0 Å². The Morgan fingerprint density at radius 2 is 2.19 bits per heavy atom. The highest BCUT2D eigenvalue weighted by Gasteiger charge is 2.45. The SMILES string of the molecule is CC(N)(CC1(O)CC1)c1cc(Br)ccc1F. The largest absolute Gasteiger partial charge is 0.390 e. The normalized spacial score (nSPS) is 21.6. The third-order valence-electron chi connectivity index (χ3n) is 3.07. The fourth-order valence-electron chi connectivity index (χ4n) is 2.04. The van der Waals surface area contributed by atoms with Crippen molar-refractivity contribution < 1.29 is 9.50 Å². The molecule has 0 saturated heterocycles. The Labute approximate surface area is 103 Å². The van der Waals surface area contributed by atoms with Crippen molar-refractivity contribution in [3.05, 3.63) is 34.1 Å². The van der Waals surface area contributed by atoms with E-state index in [9.17, 15) is 9.50 Å². The fraction of sp³-hybridized carbons (Fsp3) is 0.500. The first-order chi connectivity index (χ1) is 7.32. The van der Waals surface area contributed by atoms with Crippen LogP contribution < -0.4 is 5.73 Å². The summed E-state index contributed by atoms with van der Waals surface area (Å²) in [7, 11) is 0. The Morgan fingerprint density at radius 3 is 2.75 bits per heavy atom. The van der Waals surface area contributed by atoms with Crippen molar-refractivity contribution in [2.24, 2.45) is 5.73 Å². The maximum absolute atomic E-state index is 13.7. The zero-order chi connectivity index (χ0) is 12.0. The first-order valence-electron chi connectivity index (χ1n) is 5.29. The first kappa shape index (κ1) is 12.0. The van der Waals surface area contributed by atoms with Gasteiger partial charge in [0.25, 0.3) is 0 Å². The standard InChI is InChI=1S/C12H15BrFNO/c1-11(15,7-12(16)4-5-12)9-6-8(13)2-3-10(9)14/h2-3,6,16H,4-5,7,15H2,1H3. The molecule has 88 valence electrons. The molecule has 1 aliphatic carbocycles. The van der Waals surface area contributed by atoms with Crippen molar-refractivity contribution >= 4 is 15.9 Å². The van der Waals surface area contributed by atoms with Crippen LogP contribution in [0.15, 0.2) is 22.7 Å². The summed E-state index contributed by atoms with van der Waals surface area (Å²) in [6.45, 7) is 1.76. The van der Waals surface area contributed by atoms with Gasteiger partial charge in [0.15, 0.2) is 0 Å². The molecular weight excluding hydrogens is 273 g/mol. The van der Waals surface area contributed by atoms with Crippen LogP contribution in [0.2, 0.25) is 0 Å². The number of hydrogen-bond acceptors (Lipinski definition) is 2. The van der Waals surface area contributed by atoms with Crippen LogP contribution in [0.25, 0.3) is 0 Å².